The van der Waals surface area contributed by atoms with Gasteiger partial charge in [0.05, 0.1) is 5.92 Å². The highest BCUT2D eigenvalue weighted by Crippen LogP contribution is 2.27. The quantitative estimate of drug-likeness (QED) is 0.677. The summed E-state index contributed by atoms with van der Waals surface area (Å²) in [7, 11) is 2.12. The van der Waals surface area contributed by atoms with Crippen LogP contribution in [0.25, 0.3) is 0 Å². The third-order valence-corrected chi connectivity index (χ3v) is 8.00. The minimum absolute atomic E-state index is 0.191. The lowest BCUT2D eigenvalue weighted by Gasteiger charge is -2.37. The van der Waals surface area contributed by atoms with Gasteiger partial charge in [-0.15, -0.1) is 0 Å². The molecule has 3 aliphatic heterocycles. The molecule has 0 bridgehead atoms. The molecule has 3 aliphatic rings. The molecule has 0 radical (unpaired) electrons. The standard InChI is InChI=1S/C27H41N3O2/c1-28-15-5-8-25(21-28)27(32)30-18-11-22(12-19-30)9-10-26(31)29-16-13-24(14-17-29)20-23-6-3-2-4-7-23/h2-4,6-7,22,24-25H,5,8-21H2,1H3. The Bertz CT molecular complexity index is 737. The van der Waals surface area contributed by atoms with Crippen LogP contribution < -0.4 is 0 Å². The minimum atomic E-state index is 0.191. The van der Waals surface area contributed by atoms with Gasteiger partial charge in [0, 0.05) is 39.1 Å². The van der Waals surface area contributed by atoms with Crippen LogP contribution in [0.2, 0.25) is 0 Å². The average Bonchev–Trinajstić information content (AvgIpc) is 2.83. The lowest BCUT2D eigenvalue weighted by molar-refractivity contribution is -0.139. The Labute approximate surface area is 194 Å². The van der Waals surface area contributed by atoms with E-state index in [1.165, 1.54) is 5.56 Å². The number of carbonyl (C=O) groups is 2. The van der Waals surface area contributed by atoms with Gasteiger partial charge in [-0.25, -0.2) is 0 Å². The van der Waals surface area contributed by atoms with Crippen molar-refractivity contribution in [2.45, 2.75) is 57.8 Å². The molecular weight excluding hydrogens is 398 g/mol. The van der Waals surface area contributed by atoms with Crippen LogP contribution in [0.15, 0.2) is 30.3 Å². The van der Waals surface area contributed by atoms with Crippen molar-refractivity contribution in [1.29, 1.82) is 0 Å². The molecule has 32 heavy (non-hydrogen) atoms. The first kappa shape index (κ1) is 23.3. The fraction of sp³-hybridized carbons (Fsp3) is 0.704. The number of likely N-dealkylation sites (tertiary alicyclic amines) is 3. The van der Waals surface area contributed by atoms with Gasteiger partial charge in [-0.2, -0.15) is 0 Å². The third-order valence-electron chi connectivity index (χ3n) is 8.00. The van der Waals surface area contributed by atoms with Gasteiger partial charge in [0.1, 0.15) is 0 Å². The molecule has 3 saturated heterocycles. The van der Waals surface area contributed by atoms with E-state index in [-0.39, 0.29) is 5.92 Å². The lowest BCUT2D eigenvalue weighted by atomic mass is 9.89. The van der Waals surface area contributed by atoms with Gasteiger partial charge in [-0.3, -0.25) is 9.59 Å². The van der Waals surface area contributed by atoms with Crippen molar-refractivity contribution in [3.63, 3.8) is 0 Å². The fourth-order valence-corrected chi connectivity index (χ4v) is 5.89. The van der Waals surface area contributed by atoms with E-state index in [4.69, 9.17) is 0 Å². The van der Waals surface area contributed by atoms with E-state index in [1.807, 2.05) is 0 Å². The maximum Gasteiger partial charge on any atom is 0.226 e. The van der Waals surface area contributed by atoms with Gasteiger partial charge >= 0.3 is 0 Å². The molecule has 3 heterocycles. The second kappa shape index (κ2) is 11.3. The Morgan fingerprint density at radius 2 is 1.50 bits per heavy atom. The number of rotatable bonds is 6. The summed E-state index contributed by atoms with van der Waals surface area (Å²) in [6.07, 6.45) is 9.33. The molecule has 0 aromatic heterocycles. The van der Waals surface area contributed by atoms with Crippen LogP contribution in [0, 0.1) is 17.8 Å². The molecular formula is C27H41N3O2. The zero-order chi connectivity index (χ0) is 22.3. The third kappa shape index (κ3) is 6.34. The van der Waals surface area contributed by atoms with Crippen LogP contribution >= 0.6 is 0 Å². The molecule has 1 aromatic carbocycles. The topological polar surface area (TPSA) is 43.9 Å². The molecule has 3 fully saturated rings. The second-order valence-corrected chi connectivity index (χ2v) is 10.4. The normalized spacial score (nSPS) is 24.0. The van der Waals surface area contributed by atoms with Crippen LogP contribution in [-0.2, 0) is 16.0 Å². The van der Waals surface area contributed by atoms with E-state index in [9.17, 15) is 9.59 Å². The van der Waals surface area contributed by atoms with E-state index < -0.39 is 0 Å². The number of hydrogen-bond donors (Lipinski definition) is 0. The van der Waals surface area contributed by atoms with E-state index in [0.717, 1.165) is 90.6 Å². The molecule has 0 spiro atoms. The number of benzene rings is 1. The average molecular weight is 440 g/mol. The van der Waals surface area contributed by atoms with Crippen molar-refractivity contribution in [1.82, 2.24) is 14.7 Å². The van der Waals surface area contributed by atoms with Crippen LogP contribution in [0.5, 0.6) is 0 Å². The van der Waals surface area contributed by atoms with Gasteiger partial charge in [0.25, 0.3) is 0 Å². The number of hydrogen-bond acceptors (Lipinski definition) is 3. The molecule has 4 rings (SSSR count). The van der Waals surface area contributed by atoms with Gasteiger partial charge in [0.15, 0.2) is 0 Å². The first-order valence-corrected chi connectivity index (χ1v) is 12.9. The maximum absolute atomic E-state index is 12.9. The molecule has 5 nitrogen and oxygen atoms in total. The lowest BCUT2D eigenvalue weighted by Crippen LogP contribution is -2.46. The van der Waals surface area contributed by atoms with E-state index in [0.29, 0.717) is 30.1 Å². The highest BCUT2D eigenvalue weighted by molar-refractivity contribution is 5.79. The van der Waals surface area contributed by atoms with Crippen molar-refractivity contribution < 1.29 is 9.59 Å². The molecule has 1 atom stereocenters. The fourth-order valence-electron chi connectivity index (χ4n) is 5.89. The molecule has 176 valence electrons. The summed E-state index contributed by atoms with van der Waals surface area (Å²) in [5.41, 5.74) is 1.41. The molecule has 5 heteroatoms. The number of carbonyl (C=O) groups excluding carboxylic acids is 2. The first-order valence-electron chi connectivity index (χ1n) is 12.9. The molecule has 1 aromatic rings. The van der Waals surface area contributed by atoms with Gasteiger partial charge in [-0.1, -0.05) is 30.3 Å². The predicted octanol–water partition coefficient (Wildman–Crippen LogP) is 3.83. The monoisotopic (exact) mass is 439 g/mol. The minimum Gasteiger partial charge on any atom is -0.343 e. The molecule has 0 aliphatic carbocycles. The van der Waals surface area contributed by atoms with Crippen molar-refractivity contribution >= 4 is 11.8 Å². The first-order chi connectivity index (χ1) is 15.6. The molecule has 0 N–H and O–H groups in total. The predicted molar refractivity (Wildman–Crippen MR) is 128 cm³/mol. The maximum atomic E-state index is 12.9. The van der Waals surface area contributed by atoms with Crippen LogP contribution in [-0.4, -0.2) is 72.8 Å². The van der Waals surface area contributed by atoms with E-state index in [2.05, 4.69) is 52.1 Å². The highest BCUT2D eigenvalue weighted by Gasteiger charge is 2.31. The number of nitrogens with zero attached hydrogens (tertiary/aromatic N) is 3. The second-order valence-electron chi connectivity index (χ2n) is 10.4. The smallest absolute Gasteiger partial charge is 0.226 e. The number of amides is 2. The van der Waals surface area contributed by atoms with Crippen LogP contribution in [0.4, 0.5) is 0 Å². The Hall–Kier alpha value is -1.88. The zero-order valence-electron chi connectivity index (χ0n) is 19.9. The van der Waals surface area contributed by atoms with E-state index >= 15 is 0 Å². The molecule has 2 amide bonds. The zero-order valence-corrected chi connectivity index (χ0v) is 19.9. The summed E-state index contributed by atoms with van der Waals surface area (Å²) < 4.78 is 0. The summed E-state index contributed by atoms with van der Waals surface area (Å²) in [5.74, 6) is 2.19. The summed E-state index contributed by atoms with van der Waals surface area (Å²) in [5, 5.41) is 0. The van der Waals surface area contributed by atoms with E-state index in [1.54, 1.807) is 0 Å². The Balaban J connectivity index is 1.12. The summed E-state index contributed by atoms with van der Waals surface area (Å²) >= 11 is 0. The summed E-state index contributed by atoms with van der Waals surface area (Å²) in [6.45, 7) is 5.61. The van der Waals surface area contributed by atoms with Crippen molar-refractivity contribution in [2.75, 3.05) is 46.3 Å². The summed E-state index contributed by atoms with van der Waals surface area (Å²) in [6, 6.07) is 10.7. The Morgan fingerprint density at radius 1 is 0.844 bits per heavy atom. The Morgan fingerprint density at radius 3 is 2.19 bits per heavy atom. The highest BCUT2D eigenvalue weighted by atomic mass is 16.2. The van der Waals surface area contributed by atoms with Gasteiger partial charge in [0.2, 0.25) is 11.8 Å². The number of piperidine rings is 3. The van der Waals surface area contributed by atoms with Crippen LogP contribution in [0.3, 0.4) is 0 Å². The van der Waals surface area contributed by atoms with Gasteiger partial charge in [-0.05, 0) is 82.4 Å². The molecule has 0 saturated carbocycles. The Kier molecular flexibility index (Phi) is 8.23. The molecule has 1 unspecified atom stereocenters. The largest absolute Gasteiger partial charge is 0.343 e. The van der Waals surface area contributed by atoms with Crippen molar-refractivity contribution in [2.24, 2.45) is 17.8 Å². The van der Waals surface area contributed by atoms with Crippen molar-refractivity contribution in [3.05, 3.63) is 35.9 Å². The van der Waals surface area contributed by atoms with Crippen molar-refractivity contribution in [3.8, 4) is 0 Å². The van der Waals surface area contributed by atoms with Crippen LogP contribution in [0.1, 0.15) is 56.9 Å². The SMILES string of the molecule is CN1CCCC(C(=O)N2CCC(CCC(=O)N3CCC(Cc4ccccc4)CC3)CC2)C1. The summed E-state index contributed by atoms with van der Waals surface area (Å²) in [4.78, 5) is 32.1. The van der Waals surface area contributed by atoms with Gasteiger partial charge < -0.3 is 14.7 Å².